The molecular weight excluding hydrogens is 789 g/mol. The zero-order valence-electron chi connectivity index (χ0n) is 37.4. The number of anilines is 6. The minimum absolute atomic E-state index is 0.216. The minimum atomic E-state index is 0.216. The summed E-state index contributed by atoms with van der Waals surface area (Å²) in [4.78, 5) is 4.65. The van der Waals surface area contributed by atoms with E-state index in [-0.39, 0.29) is 10.8 Å². The van der Waals surface area contributed by atoms with Gasteiger partial charge in [0, 0.05) is 45.0 Å². The maximum Gasteiger partial charge on any atom is 0.0717 e. The van der Waals surface area contributed by atoms with Gasteiger partial charge in [0.2, 0.25) is 0 Å². The van der Waals surface area contributed by atoms with Crippen LogP contribution >= 0.6 is 0 Å². The van der Waals surface area contributed by atoms with E-state index >= 15 is 0 Å². The fraction of sp³-hybridized carbons (Fsp3) is 0.379. The van der Waals surface area contributed by atoms with Gasteiger partial charge in [-0.25, -0.2) is 0 Å². The molecule has 6 aromatic rings. The van der Waals surface area contributed by atoms with Crippen LogP contribution in [0.2, 0.25) is 0 Å². The van der Waals surface area contributed by atoms with Crippen molar-refractivity contribution in [1.82, 2.24) is 0 Å². The SMILES string of the molecule is c1ccc(N(c2ccc(COCC3(C4CCCCC4)COC3)cc2)c2ccc(-c3ccc(N(c4ccccc4)c4ccc(COCC5(C6CCCCC6)COC5)cc4)cc3)cc2)cc1. The molecule has 6 heteroatoms. The third-order valence-corrected chi connectivity index (χ3v) is 14.8. The standard InChI is InChI=1S/C58H64N2O4/c1-5-13-49(14-6-1)57(41-63-42-57)39-61-37-45-21-29-53(30-22-45)59(51-17-9-3-10-18-51)55-33-25-47(26-34-55)48-27-35-56(36-28-48)60(52-19-11-4-12-20-52)54-31-23-46(24-32-54)38-62-40-58(43-64-44-58)50-15-7-2-8-16-50/h3-4,9-12,17-36,49-50H,1-2,5-8,13-16,37-44H2. The van der Waals surface area contributed by atoms with Crippen LogP contribution in [0.1, 0.15) is 75.3 Å². The number of rotatable bonds is 17. The monoisotopic (exact) mass is 852 g/mol. The van der Waals surface area contributed by atoms with E-state index in [1.54, 1.807) is 0 Å². The first kappa shape index (κ1) is 42.7. The van der Waals surface area contributed by atoms with E-state index in [2.05, 4.69) is 168 Å². The highest BCUT2D eigenvalue weighted by atomic mass is 16.5. The lowest BCUT2D eigenvalue weighted by Crippen LogP contribution is -2.52. The number of benzene rings is 6. The summed E-state index contributed by atoms with van der Waals surface area (Å²) in [5, 5.41) is 0. The summed E-state index contributed by atoms with van der Waals surface area (Å²) < 4.78 is 24.3. The predicted octanol–water partition coefficient (Wildman–Crippen LogP) is 14.5. The fourth-order valence-corrected chi connectivity index (χ4v) is 10.9. The van der Waals surface area contributed by atoms with Crippen LogP contribution in [-0.4, -0.2) is 39.6 Å². The van der Waals surface area contributed by atoms with Gasteiger partial charge >= 0.3 is 0 Å². The smallest absolute Gasteiger partial charge is 0.0717 e. The van der Waals surface area contributed by atoms with E-state index in [9.17, 15) is 0 Å². The highest BCUT2D eigenvalue weighted by molar-refractivity contribution is 5.80. The Morgan fingerprint density at radius 1 is 0.375 bits per heavy atom. The third kappa shape index (κ3) is 9.44. The van der Waals surface area contributed by atoms with Crippen molar-refractivity contribution >= 4 is 34.1 Å². The molecule has 64 heavy (non-hydrogen) atoms. The van der Waals surface area contributed by atoms with Crippen LogP contribution in [-0.2, 0) is 32.2 Å². The first-order valence-corrected chi connectivity index (χ1v) is 24.0. The molecule has 6 aromatic carbocycles. The Bertz CT molecular complexity index is 2180. The van der Waals surface area contributed by atoms with E-state index in [1.807, 2.05) is 0 Å². The first-order chi connectivity index (χ1) is 31.6. The topological polar surface area (TPSA) is 43.4 Å². The van der Waals surface area contributed by atoms with Crippen molar-refractivity contribution < 1.29 is 18.9 Å². The second-order valence-corrected chi connectivity index (χ2v) is 19.1. The normalized spacial score (nSPS) is 18.4. The van der Waals surface area contributed by atoms with Crippen LogP contribution in [0.4, 0.5) is 34.1 Å². The third-order valence-electron chi connectivity index (χ3n) is 14.8. The van der Waals surface area contributed by atoms with Gasteiger partial charge in [0.1, 0.15) is 0 Å². The van der Waals surface area contributed by atoms with Gasteiger partial charge in [0.05, 0.1) is 52.9 Å². The minimum Gasteiger partial charge on any atom is -0.380 e. The molecule has 2 saturated heterocycles. The van der Waals surface area contributed by atoms with E-state index in [4.69, 9.17) is 18.9 Å². The van der Waals surface area contributed by atoms with Crippen molar-refractivity contribution in [2.75, 3.05) is 49.4 Å². The van der Waals surface area contributed by atoms with Crippen molar-refractivity contribution in [2.45, 2.75) is 77.4 Å². The molecule has 0 aromatic heterocycles. The lowest BCUT2D eigenvalue weighted by Gasteiger charge is -2.48. The average molecular weight is 853 g/mol. The maximum absolute atomic E-state index is 6.41. The van der Waals surface area contributed by atoms with E-state index in [0.29, 0.717) is 13.2 Å². The second kappa shape index (κ2) is 19.9. The van der Waals surface area contributed by atoms with Crippen molar-refractivity contribution in [3.8, 4) is 11.1 Å². The number of hydrogen-bond donors (Lipinski definition) is 0. The molecule has 0 bridgehead atoms. The molecule has 0 unspecified atom stereocenters. The summed E-state index contributed by atoms with van der Waals surface area (Å²) in [5.74, 6) is 1.48. The van der Waals surface area contributed by atoms with Crippen molar-refractivity contribution in [2.24, 2.45) is 22.7 Å². The number of ether oxygens (including phenoxy) is 4. The zero-order chi connectivity index (χ0) is 43.0. The van der Waals surface area contributed by atoms with Crippen LogP contribution in [0.3, 0.4) is 0 Å². The molecule has 0 N–H and O–H groups in total. The Labute approximate surface area is 381 Å². The van der Waals surface area contributed by atoms with Gasteiger partial charge in [0.25, 0.3) is 0 Å². The number of para-hydroxylation sites is 2. The predicted molar refractivity (Wildman–Crippen MR) is 260 cm³/mol. The molecule has 2 heterocycles. The summed E-state index contributed by atoms with van der Waals surface area (Å²) in [6.07, 6.45) is 13.4. The molecule has 2 aliphatic heterocycles. The Morgan fingerprint density at radius 3 is 1.00 bits per heavy atom. The zero-order valence-corrected chi connectivity index (χ0v) is 37.4. The summed E-state index contributed by atoms with van der Waals surface area (Å²) in [5.41, 5.74) is 11.9. The molecule has 2 aliphatic carbocycles. The summed E-state index contributed by atoms with van der Waals surface area (Å²) in [7, 11) is 0. The fourth-order valence-electron chi connectivity index (χ4n) is 10.9. The summed E-state index contributed by atoms with van der Waals surface area (Å²) >= 11 is 0. The van der Waals surface area contributed by atoms with E-state index < -0.39 is 0 Å². The van der Waals surface area contributed by atoms with Crippen LogP contribution in [0, 0.1) is 22.7 Å². The molecule has 330 valence electrons. The van der Waals surface area contributed by atoms with Gasteiger partial charge < -0.3 is 28.7 Å². The molecular formula is C58H64N2O4. The Hall–Kier alpha value is -5.24. The number of hydrogen-bond acceptors (Lipinski definition) is 6. The molecule has 0 atom stereocenters. The van der Waals surface area contributed by atoms with Crippen molar-refractivity contribution in [3.63, 3.8) is 0 Å². The molecule has 2 saturated carbocycles. The molecule has 0 amide bonds. The van der Waals surface area contributed by atoms with Gasteiger partial charge in [-0.05, 0) is 133 Å². The molecule has 10 rings (SSSR count). The molecule has 4 aliphatic rings. The second-order valence-electron chi connectivity index (χ2n) is 19.1. The Morgan fingerprint density at radius 2 is 0.688 bits per heavy atom. The highest BCUT2D eigenvalue weighted by Gasteiger charge is 2.47. The van der Waals surface area contributed by atoms with Gasteiger partial charge in [0.15, 0.2) is 0 Å². The Kier molecular flexibility index (Phi) is 13.3. The number of nitrogens with zero attached hydrogens (tertiary/aromatic N) is 2. The lowest BCUT2D eigenvalue weighted by atomic mass is 9.68. The van der Waals surface area contributed by atoms with Gasteiger partial charge in [-0.2, -0.15) is 0 Å². The van der Waals surface area contributed by atoms with Crippen molar-refractivity contribution in [1.29, 1.82) is 0 Å². The van der Waals surface area contributed by atoms with Crippen LogP contribution in [0.25, 0.3) is 11.1 Å². The van der Waals surface area contributed by atoms with Crippen LogP contribution in [0.5, 0.6) is 0 Å². The van der Waals surface area contributed by atoms with Gasteiger partial charge in [-0.15, -0.1) is 0 Å². The highest BCUT2D eigenvalue weighted by Crippen LogP contribution is 2.46. The Balaban J connectivity index is 0.810. The average Bonchev–Trinajstić information content (AvgIpc) is 3.33. The quantitative estimate of drug-likeness (QED) is 0.0911. The molecule has 4 fully saturated rings. The lowest BCUT2D eigenvalue weighted by molar-refractivity contribution is -0.185. The summed E-state index contributed by atoms with van der Waals surface area (Å²) in [6, 6.07) is 56.9. The van der Waals surface area contributed by atoms with E-state index in [0.717, 1.165) is 85.6 Å². The first-order valence-electron chi connectivity index (χ1n) is 24.0. The van der Waals surface area contributed by atoms with Gasteiger partial charge in [-0.3, -0.25) is 0 Å². The van der Waals surface area contributed by atoms with Crippen LogP contribution in [0.15, 0.2) is 158 Å². The van der Waals surface area contributed by atoms with Gasteiger partial charge in [-0.1, -0.05) is 123 Å². The molecule has 0 spiro atoms. The van der Waals surface area contributed by atoms with Crippen LogP contribution < -0.4 is 9.80 Å². The molecule has 6 nitrogen and oxygen atoms in total. The van der Waals surface area contributed by atoms with E-state index in [1.165, 1.54) is 86.5 Å². The molecule has 0 radical (unpaired) electrons. The summed E-state index contributed by atoms with van der Waals surface area (Å²) in [6.45, 7) is 6.22. The van der Waals surface area contributed by atoms with Crippen molar-refractivity contribution in [3.05, 3.63) is 169 Å². The largest absolute Gasteiger partial charge is 0.380 e. The maximum atomic E-state index is 6.41.